The van der Waals surface area contributed by atoms with Gasteiger partial charge in [-0.05, 0) is 19.4 Å². The number of carbonyl (C=O) groups is 1. The van der Waals surface area contributed by atoms with E-state index in [1.54, 1.807) is 6.92 Å². The van der Waals surface area contributed by atoms with Gasteiger partial charge in [0.2, 0.25) is 5.82 Å². The van der Waals surface area contributed by atoms with Crippen molar-refractivity contribution < 1.29 is 18.5 Å². The molecule has 1 atom stereocenters. The minimum Gasteiger partial charge on any atom is -0.349 e. The molecular weight excluding hydrogens is 270 g/mol. The summed E-state index contributed by atoms with van der Waals surface area (Å²) in [6.45, 7) is 3.69. The molecule has 0 aliphatic heterocycles. The van der Waals surface area contributed by atoms with E-state index < -0.39 is 33.7 Å². The molecule has 0 saturated carbocycles. The monoisotopic (exact) mass is 286 g/mol. The van der Waals surface area contributed by atoms with Crippen LogP contribution in [0.1, 0.15) is 43.5 Å². The van der Waals surface area contributed by atoms with Crippen LogP contribution >= 0.6 is 0 Å². The van der Waals surface area contributed by atoms with Crippen LogP contribution in [0.4, 0.5) is 14.5 Å². The Hall–Kier alpha value is -2.05. The molecule has 1 aromatic carbocycles. The second kappa shape index (κ2) is 6.93. The highest BCUT2D eigenvalue weighted by atomic mass is 19.1. The first kappa shape index (κ1) is 16.0. The molecule has 1 aromatic rings. The highest BCUT2D eigenvalue weighted by Gasteiger charge is 2.26. The SMILES string of the molecule is CCCCC(C)NC(=O)c1c(F)ccc([N+](=O)[O-])c1F. The Balaban J connectivity index is 2.98. The number of nitro benzene ring substituents is 1. The Morgan fingerprint density at radius 1 is 1.45 bits per heavy atom. The molecule has 20 heavy (non-hydrogen) atoms. The average molecular weight is 286 g/mol. The molecule has 0 bridgehead atoms. The van der Waals surface area contributed by atoms with Gasteiger partial charge < -0.3 is 5.32 Å². The van der Waals surface area contributed by atoms with Gasteiger partial charge in [0, 0.05) is 12.1 Å². The normalized spacial score (nSPS) is 12.0. The van der Waals surface area contributed by atoms with E-state index in [0.717, 1.165) is 12.8 Å². The summed E-state index contributed by atoms with van der Waals surface area (Å²) in [5.74, 6) is -3.55. The van der Waals surface area contributed by atoms with E-state index in [2.05, 4.69) is 5.32 Å². The molecule has 0 saturated heterocycles. The minimum atomic E-state index is -1.45. The first-order valence-corrected chi connectivity index (χ1v) is 6.31. The van der Waals surface area contributed by atoms with Crippen LogP contribution in [0.3, 0.4) is 0 Å². The smallest absolute Gasteiger partial charge is 0.305 e. The predicted octanol–water partition coefficient (Wildman–Crippen LogP) is 3.18. The van der Waals surface area contributed by atoms with Crippen molar-refractivity contribution in [3.63, 3.8) is 0 Å². The lowest BCUT2D eigenvalue weighted by Crippen LogP contribution is -2.33. The zero-order chi connectivity index (χ0) is 15.3. The Kier molecular flexibility index (Phi) is 5.54. The molecule has 0 heterocycles. The van der Waals surface area contributed by atoms with E-state index in [1.807, 2.05) is 6.92 Å². The predicted molar refractivity (Wildman–Crippen MR) is 69.5 cm³/mol. The lowest BCUT2D eigenvalue weighted by molar-refractivity contribution is -0.387. The van der Waals surface area contributed by atoms with Gasteiger partial charge in [-0.2, -0.15) is 4.39 Å². The molecule has 1 unspecified atom stereocenters. The molecule has 0 fully saturated rings. The summed E-state index contributed by atoms with van der Waals surface area (Å²) in [5.41, 5.74) is -1.83. The van der Waals surface area contributed by atoms with Crippen LogP contribution in [0, 0.1) is 21.7 Å². The second-order valence-electron chi connectivity index (χ2n) is 4.53. The van der Waals surface area contributed by atoms with Gasteiger partial charge in [-0.1, -0.05) is 19.8 Å². The third-order valence-corrected chi connectivity index (χ3v) is 2.86. The zero-order valence-electron chi connectivity index (χ0n) is 11.3. The van der Waals surface area contributed by atoms with Crippen molar-refractivity contribution in [1.82, 2.24) is 5.32 Å². The Labute approximate surface area is 115 Å². The van der Waals surface area contributed by atoms with Gasteiger partial charge in [0.15, 0.2) is 0 Å². The van der Waals surface area contributed by atoms with Crippen molar-refractivity contribution in [2.75, 3.05) is 0 Å². The summed E-state index contributed by atoms with van der Waals surface area (Å²) in [6, 6.07) is 1.15. The number of carbonyl (C=O) groups excluding carboxylic acids is 1. The Morgan fingerprint density at radius 3 is 2.65 bits per heavy atom. The number of amides is 1. The average Bonchev–Trinajstić information content (AvgIpc) is 2.35. The maximum atomic E-state index is 13.8. The van der Waals surface area contributed by atoms with Gasteiger partial charge in [0.1, 0.15) is 11.4 Å². The molecular formula is C13H16F2N2O3. The highest BCUT2D eigenvalue weighted by Crippen LogP contribution is 2.23. The van der Waals surface area contributed by atoms with Crippen molar-refractivity contribution >= 4 is 11.6 Å². The van der Waals surface area contributed by atoms with Crippen molar-refractivity contribution in [3.05, 3.63) is 39.4 Å². The van der Waals surface area contributed by atoms with Crippen molar-refractivity contribution in [3.8, 4) is 0 Å². The second-order valence-corrected chi connectivity index (χ2v) is 4.53. The quantitative estimate of drug-likeness (QED) is 0.644. The number of halogens is 2. The third-order valence-electron chi connectivity index (χ3n) is 2.86. The fourth-order valence-corrected chi connectivity index (χ4v) is 1.77. The zero-order valence-corrected chi connectivity index (χ0v) is 11.3. The van der Waals surface area contributed by atoms with Gasteiger partial charge in [0.05, 0.1) is 4.92 Å². The summed E-state index contributed by atoms with van der Waals surface area (Å²) in [4.78, 5) is 21.4. The number of nitrogens with zero attached hydrogens (tertiary/aromatic N) is 1. The maximum absolute atomic E-state index is 13.8. The van der Waals surface area contributed by atoms with Crippen molar-refractivity contribution in [1.29, 1.82) is 0 Å². The van der Waals surface area contributed by atoms with E-state index in [9.17, 15) is 23.7 Å². The van der Waals surface area contributed by atoms with Gasteiger partial charge in [-0.3, -0.25) is 14.9 Å². The molecule has 0 aliphatic rings. The maximum Gasteiger partial charge on any atom is 0.305 e. The van der Waals surface area contributed by atoms with E-state index >= 15 is 0 Å². The number of benzene rings is 1. The Morgan fingerprint density at radius 2 is 2.10 bits per heavy atom. The van der Waals surface area contributed by atoms with Crippen molar-refractivity contribution in [2.24, 2.45) is 0 Å². The van der Waals surface area contributed by atoms with E-state index in [4.69, 9.17) is 0 Å². The molecule has 7 heteroatoms. The van der Waals surface area contributed by atoms with E-state index in [0.29, 0.717) is 18.6 Å². The van der Waals surface area contributed by atoms with Crippen LogP contribution in [-0.2, 0) is 0 Å². The van der Waals surface area contributed by atoms with Crippen LogP contribution in [0.15, 0.2) is 12.1 Å². The molecule has 1 amide bonds. The lowest BCUT2D eigenvalue weighted by Gasteiger charge is -2.14. The summed E-state index contributed by atoms with van der Waals surface area (Å²) >= 11 is 0. The first-order chi connectivity index (χ1) is 9.38. The van der Waals surface area contributed by atoms with Gasteiger partial charge in [0.25, 0.3) is 5.91 Å². The lowest BCUT2D eigenvalue weighted by atomic mass is 10.1. The Bertz CT molecular complexity index is 521. The van der Waals surface area contributed by atoms with Crippen LogP contribution in [-0.4, -0.2) is 16.9 Å². The largest absolute Gasteiger partial charge is 0.349 e. The topological polar surface area (TPSA) is 72.2 Å². The van der Waals surface area contributed by atoms with Gasteiger partial charge in [-0.25, -0.2) is 4.39 Å². The van der Waals surface area contributed by atoms with Crippen molar-refractivity contribution in [2.45, 2.75) is 39.2 Å². The molecule has 0 radical (unpaired) electrons. The highest BCUT2D eigenvalue weighted by molar-refractivity contribution is 5.95. The van der Waals surface area contributed by atoms with Gasteiger partial charge in [-0.15, -0.1) is 0 Å². The third kappa shape index (κ3) is 3.72. The fraction of sp³-hybridized carbons (Fsp3) is 0.462. The summed E-state index contributed by atoms with van der Waals surface area (Å²) in [6.07, 6.45) is 2.46. The number of rotatable bonds is 6. The number of hydrogen-bond acceptors (Lipinski definition) is 3. The van der Waals surface area contributed by atoms with E-state index in [-0.39, 0.29) is 6.04 Å². The number of nitro groups is 1. The summed E-state index contributed by atoms with van der Waals surface area (Å²) in [5, 5.41) is 13.0. The molecule has 110 valence electrons. The number of hydrogen-bond donors (Lipinski definition) is 1. The molecule has 1 rings (SSSR count). The summed E-state index contributed by atoms with van der Waals surface area (Å²) in [7, 11) is 0. The van der Waals surface area contributed by atoms with E-state index in [1.165, 1.54) is 0 Å². The minimum absolute atomic E-state index is 0.263. The first-order valence-electron chi connectivity index (χ1n) is 6.31. The van der Waals surface area contributed by atoms with Crippen LogP contribution < -0.4 is 5.32 Å². The molecule has 0 spiro atoms. The number of nitrogens with one attached hydrogen (secondary N) is 1. The molecule has 0 aliphatic carbocycles. The van der Waals surface area contributed by atoms with Crippen LogP contribution in [0.25, 0.3) is 0 Å². The molecule has 1 N–H and O–H groups in total. The van der Waals surface area contributed by atoms with Crippen LogP contribution in [0.5, 0.6) is 0 Å². The molecule has 5 nitrogen and oxygen atoms in total. The summed E-state index contributed by atoms with van der Waals surface area (Å²) < 4.78 is 27.3. The number of unbranched alkanes of at least 4 members (excludes halogenated alkanes) is 1. The molecule has 0 aromatic heterocycles. The standard InChI is InChI=1S/C13H16F2N2O3/c1-3-4-5-8(2)16-13(18)11-9(14)6-7-10(12(11)15)17(19)20/h6-8H,3-5H2,1-2H3,(H,16,18). The van der Waals surface area contributed by atoms with Gasteiger partial charge >= 0.3 is 5.69 Å². The fourth-order valence-electron chi connectivity index (χ4n) is 1.77. The van der Waals surface area contributed by atoms with Crippen LogP contribution in [0.2, 0.25) is 0 Å².